The molecule has 0 spiro atoms. The number of hydrogen-bond donors (Lipinski definition) is 1. The number of aromatic nitrogens is 2. The van der Waals surface area contributed by atoms with Gasteiger partial charge in [0.15, 0.2) is 0 Å². The molecule has 2 aromatic heterocycles. The summed E-state index contributed by atoms with van der Waals surface area (Å²) in [5, 5.41) is 0.535. The molecule has 0 atom stereocenters. The number of aryl methyl sites for hydroxylation is 2. The molecule has 4 aromatic rings. The molecule has 6 nitrogen and oxygen atoms in total. The van der Waals surface area contributed by atoms with Crippen LogP contribution < -0.4 is 10.3 Å². The van der Waals surface area contributed by atoms with Gasteiger partial charge in [0.05, 0.1) is 16.6 Å². The zero-order chi connectivity index (χ0) is 20.6. The van der Waals surface area contributed by atoms with Crippen LogP contribution in [0.15, 0.2) is 69.7 Å². The van der Waals surface area contributed by atoms with E-state index in [1.807, 2.05) is 19.1 Å². The molecule has 0 radical (unpaired) electrons. The van der Waals surface area contributed by atoms with Crippen molar-refractivity contribution in [2.24, 2.45) is 0 Å². The van der Waals surface area contributed by atoms with Crippen LogP contribution in [-0.4, -0.2) is 18.0 Å². The van der Waals surface area contributed by atoms with Gasteiger partial charge in [-0.05, 0) is 61.9 Å². The molecule has 8 heteroatoms. The molecule has 0 aliphatic heterocycles. The van der Waals surface area contributed by atoms with Gasteiger partial charge in [-0.25, -0.2) is 13.4 Å². The lowest BCUT2D eigenvalue weighted by molar-refractivity contribution is 0.603. The summed E-state index contributed by atoms with van der Waals surface area (Å²) in [5.41, 5.74) is 1.54. The fourth-order valence-electron chi connectivity index (χ4n) is 3.12. The Labute approximate surface area is 172 Å². The molecule has 29 heavy (non-hydrogen) atoms. The van der Waals surface area contributed by atoms with Gasteiger partial charge < -0.3 is 0 Å². The third-order valence-electron chi connectivity index (χ3n) is 4.57. The van der Waals surface area contributed by atoms with Crippen molar-refractivity contribution in [3.63, 3.8) is 0 Å². The molecule has 4 rings (SSSR count). The maximum Gasteiger partial charge on any atom is 0.271 e. The monoisotopic (exact) mass is 425 g/mol. The van der Waals surface area contributed by atoms with Gasteiger partial charge in [-0.15, -0.1) is 11.3 Å². The van der Waals surface area contributed by atoms with Crippen molar-refractivity contribution in [3.05, 3.63) is 81.7 Å². The second kappa shape index (κ2) is 7.46. The summed E-state index contributed by atoms with van der Waals surface area (Å²) in [4.78, 5) is 18.4. The number of anilines is 1. The van der Waals surface area contributed by atoms with E-state index < -0.39 is 10.0 Å². The van der Waals surface area contributed by atoms with Crippen LogP contribution in [-0.2, 0) is 16.4 Å². The molecular formula is C21H19N3O3S2. The summed E-state index contributed by atoms with van der Waals surface area (Å²) >= 11 is 1.26. The largest absolute Gasteiger partial charge is 0.279 e. The van der Waals surface area contributed by atoms with E-state index in [0.29, 0.717) is 28.1 Å². The lowest BCUT2D eigenvalue weighted by atomic mass is 10.2. The first-order chi connectivity index (χ1) is 13.9. The Hall–Kier alpha value is -2.97. The average Bonchev–Trinajstić information content (AvgIpc) is 3.19. The van der Waals surface area contributed by atoms with Crippen LogP contribution in [0, 0.1) is 6.92 Å². The lowest BCUT2D eigenvalue weighted by Crippen LogP contribution is -2.22. The van der Waals surface area contributed by atoms with E-state index in [1.165, 1.54) is 15.9 Å². The zero-order valence-corrected chi connectivity index (χ0v) is 17.5. The third kappa shape index (κ3) is 3.68. The van der Waals surface area contributed by atoms with Crippen molar-refractivity contribution in [1.82, 2.24) is 9.55 Å². The van der Waals surface area contributed by atoms with E-state index in [1.54, 1.807) is 55.5 Å². The molecule has 0 bridgehead atoms. The predicted molar refractivity (Wildman–Crippen MR) is 117 cm³/mol. The topological polar surface area (TPSA) is 81.1 Å². The average molecular weight is 426 g/mol. The van der Waals surface area contributed by atoms with Crippen molar-refractivity contribution in [2.45, 2.75) is 24.5 Å². The number of nitrogens with one attached hydrogen (secondary N) is 1. The van der Waals surface area contributed by atoms with E-state index in [-0.39, 0.29) is 9.77 Å². The Kier molecular flexibility index (Phi) is 4.97. The van der Waals surface area contributed by atoms with Gasteiger partial charge in [0.25, 0.3) is 15.6 Å². The normalized spacial score (nSPS) is 11.7. The van der Waals surface area contributed by atoms with Crippen molar-refractivity contribution in [3.8, 4) is 5.69 Å². The Bertz CT molecular complexity index is 1350. The summed E-state index contributed by atoms with van der Waals surface area (Å²) in [7, 11) is -3.64. The summed E-state index contributed by atoms with van der Waals surface area (Å²) in [6.07, 6.45) is 0.794. The molecule has 2 aromatic carbocycles. The standard InChI is InChI=1S/C21H19N3O3S2/c1-3-17-12-13-20(28-17)29(26,27)23-15-8-10-16(11-9-15)24-14(2)22-19-7-5-4-6-18(19)21(24)25/h4-13,23H,3H2,1-2H3. The SMILES string of the molecule is CCc1ccc(S(=O)(=O)Nc2ccc(-n3c(C)nc4ccccc4c3=O)cc2)s1. The van der Waals surface area contributed by atoms with Gasteiger partial charge in [0.1, 0.15) is 10.0 Å². The number of thiophene rings is 1. The van der Waals surface area contributed by atoms with Crippen LogP contribution in [0.1, 0.15) is 17.6 Å². The molecule has 0 aliphatic rings. The fraction of sp³-hybridized carbons (Fsp3) is 0.143. The molecular weight excluding hydrogens is 406 g/mol. The molecule has 2 heterocycles. The third-order valence-corrected chi connectivity index (χ3v) is 7.67. The van der Waals surface area contributed by atoms with Crippen LogP contribution in [0.5, 0.6) is 0 Å². The van der Waals surface area contributed by atoms with Gasteiger partial charge in [-0.2, -0.15) is 0 Å². The molecule has 0 saturated heterocycles. The highest BCUT2D eigenvalue weighted by atomic mass is 32.2. The summed E-state index contributed by atoms with van der Waals surface area (Å²) in [6, 6.07) is 17.3. The van der Waals surface area contributed by atoms with Crippen LogP contribution in [0.4, 0.5) is 5.69 Å². The molecule has 0 saturated carbocycles. The van der Waals surface area contributed by atoms with Crippen LogP contribution >= 0.6 is 11.3 Å². The highest BCUT2D eigenvalue weighted by Gasteiger charge is 2.17. The van der Waals surface area contributed by atoms with E-state index in [0.717, 1.165) is 11.3 Å². The number of hydrogen-bond acceptors (Lipinski definition) is 5. The molecule has 1 N–H and O–H groups in total. The van der Waals surface area contributed by atoms with E-state index >= 15 is 0 Å². The number of rotatable bonds is 5. The first kappa shape index (κ1) is 19.4. The van der Waals surface area contributed by atoms with Gasteiger partial charge in [-0.3, -0.25) is 14.1 Å². The Morgan fingerprint density at radius 1 is 1.03 bits per heavy atom. The zero-order valence-electron chi connectivity index (χ0n) is 15.9. The van der Waals surface area contributed by atoms with Gasteiger partial charge >= 0.3 is 0 Å². The summed E-state index contributed by atoms with van der Waals surface area (Å²) in [6.45, 7) is 3.76. The Morgan fingerprint density at radius 3 is 2.45 bits per heavy atom. The van der Waals surface area contributed by atoms with Gasteiger partial charge in [0, 0.05) is 10.6 Å². The molecule has 0 fully saturated rings. The van der Waals surface area contributed by atoms with E-state index in [4.69, 9.17) is 0 Å². The molecule has 148 valence electrons. The minimum absolute atomic E-state index is 0.160. The first-order valence-corrected chi connectivity index (χ1v) is 11.4. The molecule has 0 aliphatic carbocycles. The molecule has 0 unspecified atom stereocenters. The van der Waals surface area contributed by atoms with Crippen LogP contribution in [0.3, 0.4) is 0 Å². The maximum absolute atomic E-state index is 12.9. The highest BCUT2D eigenvalue weighted by Crippen LogP contribution is 2.25. The van der Waals surface area contributed by atoms with Crippen molar-refractivity contribution in [2.75, 3.05) is 4.72 Å². The Morgan fingerprint density at radius 2 is 1.76 bits per heavy atom. The Balaban J connectivity index is 1.67. The molecule has 0 amide bonds. The second-order valence-corrected chi connectivity index (χ2v) is 9.62. The number of fused-ring (bicyclic) bond motifs is 1. The first-order valence-electron chi connectivity index (χ1n) is 9.09. The number of benzene rings is 2. The highest BCUT2D eigenvalue weighted by molar-refractivity contribution is 7.94. The van der Waals surface area contributed by atoms with Crippen LogP contribution in [0.2, 0.25) is 0 Å². The van der Waals surface area contributed by atoms with E-state index in [2.05, 4.69) is 9.71 Å². The van der Waals surface area contributed by atoms with Crippen LogP contribution in [0.25, 0.3) is 16.6 Å². The smallest absolute Gasteiger partial charge is 0.271 e. The lowest BCUT2D eigenvalue weighted by Gasteiger charge is -2.12. The van der Waals surface area contributed by atoms with Gasteiger partial charge in [-0.1, -0.05) is 19.1 Å². The van der Waals surface area contributed by atoms with E-state index in [9.17, 15) is 13.2 Å². The summed E-state index contributed by atoms with van der Waals surface area (Å²) in [5.74, 6) is 0.563. The maximum atomic E-state index is 12.9. The number of para-hydroxylation sites is 1. The fourth-order valence-corrected chi connectivity index (χ4v) is 5.48. The van der Waals surface area contributed by atoms with Crippen molar-refractivity contribution >= 4 is 38.0 Å². The second-order valence-electron chi connectivity index (χ2n) is 6.54. The minimum Gasteiger partial charge on any atom is -0.279 e. The number of sulfonamides is 1. The number of nitrogens with zero attached hydrogens (tertiary/aromatic N) is 2. The van der Waals surface area contributed by atoms with Crippen molar-refractivity contribution in [1.29, 1.82) is 0 Å². The quantitative estimate of drug-likeness (QED) is 0.522. The predicted octanol–water partition coefficient (Wildman–Crippen LogP) is 4.12. The summed E-state index contributed by atoms with van der Waals surface area (Å²) < 4.78 is 29.5. The van der Waals surface area contributed by atoms with Crippen molar-refractivity contribution < 1.29 is 8.42 Å². The minimum atomic E-state index is -3.64. The van der Waals surface area contributed by atoms with Gasteiger partial charge in [0.2, 0.25) is 0 Å².